The molecule has 4 rings (SSSR count). The smallest absolute Gasteiger partial charge is 0.326 e. The highest BCUT2D eigenvalue weighted by molar-refractivity contribution is 9.10. The highest BCUT2D eigenvalue weighted by Crippen LogP contribution is 2.40. The summed E-state index contributed by atoms with van der Waals surface area (Å²) in [6.45, 7) is 2.01. The van der Waals surface area contributed by atoms with Gasteiger partial charge in [0.25, 0.3) is 0 Å². The van der Waals surface area contributed by atoms with Crippen molar-refractivity contribution in [2.24, 2.45) is 5.92 Å². The minimum absolute atomic E-state index is 0.0473. The first-order valence-corrected chi connectivity index (χ1v) is 11.8. The predicted octanol–water partition coefficient (Wildman–Crippen LogP) is 4.63. The maximum atomic E-state index is 13.1. The number of fused-ring (bicyclic) bond motifs is 2. The number of aromatic nitrogens is 1. The van der Waals surface area contributed by atoms with E-state index in [0.717, 1.165) is 44.9 Å². The molecule has 0 bridgehead atoms. The number of nitrogens with one attached hydrogen (secondary N) is 2. The van der Waals surface area contributed by atoms with Crippen LogP contribution in [0.15, 0.2) is 47.1 Å². The van der Waals surface area contributed by atoms with Gasteiger partial charge in [0.05, 0.1) is 5.92 Å². The van der Waals surface area contributed by atoms with Gasteiger partial charge in [0.1, 0.15) is 6.04 Å². The molecule has 0 aliphatic heterocycles. The number of carbonyl (C=O) groups is 2. The second-order valence-corrected chi connectivity index (χ2v) is 9.52. The Balaban J connectivity index is 1.52. The van der Waals surface area contributed by atoms with Crippen molar-refractivity contribution in [2.45, 2.75) is 38.1 Å². The maximum absolute atomic E-state index is 13.1. The van der Waals surface area contributed by atoms with Crippen molar-refractivity contribution >= 4 is 51.3 Å². The lowest BCUT2D eigenvalue weighted by Crippen LogP contribution is -2.46. The van der Waals surface area contributed by atoms with Crippen LogP contribution in [0.5, 0.6) is 0 Å². The number of rotatable bonds is 7. The largest absolute Gasteiger partial charge is 0.480 e. The van der Waals surface area contributed by atoms with E-state index in [-0.39, 0.29) is 24.2 Å². The van der Waals surface area contributed by atoms with Gasteiger partial charge in [-0.15, -0.1) is 0 Å². The first-order valence-electron chi connectivity index (χ1n) is 10.4. The average Bonchev–Trinajstić information content (AvgIpc) is 3.31. The molecular formula is C24H25BrN2O3S. The molecule has 5 nitrogen and oxygen atoms in total. The quantitative estimate of drug-likeness (QED) is 0.357. The normalized spacial score (nSPS) is 17.3. The van der Waals surface area contributed by atoms with Crippen LogP contribution in [-0.4, -0.2) is 33.8 Å². The van der Waals surface area contributed by atoms with E-state index < -0.39 is 12.0 Å². The molecule has 1 aliphatic rings. The second-order valence-electron chi connectivity index (χ2n) is 8.24. The van der Waals surface area contributed by atoms with Crippen LogP contribution < -0.4 is 5.32 Å². The number of amides is 1. The molecule has 7 heteroatoms. The van der Waals surface area contributed by atoms with Crippen LogP contribution in [0.2, 0.25) is 0 Å². The molecule has 1 aliphatic carbocycles. The van der Waals surface area contributed by atoms with Crippen LogP contribution in [-0.2, 0) is 22.4 Å². The van der Waals surface area contributed by atoms with Crippen molar-refractivity contribution in [3.63, 3.8) is 0 Å². The number of carbonyl (C=O) groups excluding carboxylic acids is 1. The minimum atomic E-state index is -1.04. The molecule has 0 saturated carbocycles. The lowest BCUT2D eigenvalue weighted by atomic mass is 9.87. The summed E-state index contributed by atoms with van der Waals surface area (Å²) in [5.41, 5.74) is 5.37. The molecule has 3 aromatic rings. The number of H-pyrrole nitrogens is 1. The van der Waals surface area contributed by atoms with Gasteiger partial charge in [-0.25, -0.2) is 4.79 Å². The van der Waals surface area contributed by atoms with Gasteiger partial charge in [-0.1, -0.05) is 34.1 Å². The number of hydrogen-bond acceptors (Lipinski definition) is 3. The Kier molecular flexibility index (Phi) is 6.44. The molecule has 0 fully saturated rings. The summed E-state index contributed by atoms with van der Waals surface area (Å²) in [5, 5.41) is 13.6. The molecule has 3 N–H and O–H groups in total. The Bertz CT molecular complexity index is 1140. The molecule has 3 atom stereocenters. The van der Waals surface area contributed by atoms with Gasteiger partial charge in [-0.05, 0) is 66.1 Å². The maximum Gasteiger partial charge on any atom is 0.326 e. The molecule has 0 spiro atoms. The highest BCUT2D eigenvalue weighted by atomic mass is 79.9. The number of aromatic amines is 1. The molecule has 1 amide bonds. The van der Waals surface area contributed by atoms with E-state index in [2.05, 4.69) is 51.0 Å². The van der Waals surface area contributed by atoms with Gasteiger partial charge in [0.2, 0.25) is 5.91 Å². The number of carboxylic acid groups (broad SMARTS) is 1. The van der Waals surface area contributed by atoms with Crippen molar-refractivity contribution in [3.8, 4) is 0 Å². The molecule has 0 radical (unpaired) electrons. The second kappa shape index (κ2) is 9.09. The third-order valence-corrected chi connectivity index (χ3v) is 7.10. The molecule has 0 saturated heterocycles. The molecule has 2 unspecified atom stereocenters. The summed E-state index contributed by atoms with van der Waals surface area (Å²) < 4.78 is 1.03. The number of aryl methyl sites for hydroxylation is 2. The number of aliphatic carboxylic acids is 1. The predicted molar refractivity (Wildman–Crippen MR) is 129 cm³/mol. The molecular weight excluding hydrogens is 476 g/mol. The fraction of sp³-hybridized carbons (Fsp3) is 0.333. The Labute approximate surface area is 195 Å². The van der Waals surface area contributed by atoms with E-state index in [4.69, 9.17) is 0 Å². The lowest BCUT2D eigenvalue weighted by molar-refractivity contribution is -0.142. The van der Waals surface area contributed by atoms with Crippen LogP contribution in [0.4, 0.5) is 0 Å². The zero-order chi connectivity index (χ0) is 22.1. The van der Waals surface area contributed by atoms with Gasteiger partial charge in [0, 0.05) is 33.7 Å². The third-order valence-electron chi connectivity index (χ3n) is 6.21. The first-order chi connectivity index (χ1) is 14.9. The standard InChI is InChI=1S/C24H25BrN2O3S/c1-13-2-5-18-15(11-26-21(18)8-13)10-22(24(29)30)27-23(28)20(12-31)19-6-3-14-9-16(25)4-7-17(14)19/h2,4-5,7-9,11,19-20,22,26,31H,3,6,10,12H2,1H3,(H,27,28)(H,29,30)/t19?,20?,22-/m0/s1. The fourth-order valence-electron chi connectivity index (χ4n) is 4.60. The zero-order valence-corrected chi connectivity index (χ0v) is 19.7. The summed E-state index contributed by atoms with van der Waals surface area (Å²) in [5.74, 6) is -1.25. The number of thiol groups is 1. The van der Waals surface area contributed by atoms with E-state index in [9.17, 15) is 14.7 Å². The van der Waals surface area contributed by atoms with Crippen molar-refractivity contribution < 1.29 is 14.7 Å². The number of carboxylic acids is 1. The van der Waals surface area contributed by atoms with Crippen LogP contribution in [0.25, 0.3) is 10.9 Å². The highest BCUT2D eigenvalue weighted by Gasteiger charge is 2.35. The van der Waals surface area contributed by atoms with Crippen molar-refractivity contribution in [1.29, 1.82) is 0 Å². The summed E-state index contributed by atoms with van der Waals surface area (Å²) in [7, 11) is 0. The Hall–Kier alpha value is -2.25. The van der Waals surface area contributed by atoms with Crippen molar-refractivity contribution in [3.05, 3.63) is 69.3 Å². The summed E-state index contributed by atoms with van der Waals surface area (Å²) in [4.78, 5) is 28.3. The topological polar surface area (TPSA) is 82.2 Å². The van der Waals surface area contributed by atoms with Crippen LogP contribution in [0, 0.1) is 12.8 Å². The van der Waals surface area contributed by atoms with Gasteiger partial charge >= 0.3 is 5.97 Å². The van der Waals surface area contributed by atoms with Crippen molar-refractivity contribution in [2.75, 3.05) is 5.75 Å². The van der Waals surface area contributed by atoms with E-state index in [1.165, 1.54) is 5.56 Å². The number of hydrogen-bond donors (Lipinski definition) is 4. The molecule has 2 aromatic carbocycles. The van der Waals surface area contributed by atoms with Crippen LogP contribution >= 0.6 is 28.6 Å². The monoisotopic (exact) mass is 500 g/mol. The van der Waals surface area contributed by atoms with E-state index in [0.29, 0.717) is 5.75 Å². The Morgan fingerprint density at radius 2 is 2.10 bits per heavy atom. The Morgan fingerprint density at radius 1 is 1.29 bits per heavy atom. The van der Waals surface area contributed by atoms with Gasteiger partial charge < -0.3 is 15.4 Å². The molecule has 1 heterocycles. The van der Waals surface area contributed by atoms with Crippen LogP contribution in [0.1, 0.15) is 34.6 Å². The SMILES string of the molecule is Cc1ccc2c(C[C@H](NC(=O)C(CS)C3CCc4cc(Br)ccc43)C(=O)O)c[nH]c2c1. The minimum Gasteiger partial charge on any atom is -0.480 e. The summed E-state index contributed by atoms with van der Waals surface area (Å²) >= 11 is 7.94. The third kappa shape index (κ3) is 4.53. The van der Waals surface area contributed by atoms with Gasteiger partial charge in [-0.3, -0.25) is 4.79 Å². The zero-order valence-electron chi connectivity index (χ0n) is 17.2. The fourth-order valence-corrected chi connectivity index (χ4v) is 5.43. The average molecular weight is 501 g/mol. The molecule has 1 aromatic heterocycles. The van der Waals surface area contributed by atoms with Crippen LogP contribution in [0.3, 0.4) is 0 Å². The van der Waals surface area contributed by atoms with E-state index in [1.807, 2.05) is 37.4 Å². The number of benzene rings is 2. The van der Waals surface area contributed by atoms with E-state index in [1.54, 1.807) is 0 Å². The Morgan fingerprint density at radius 3 is 2.84 bits per heavy atom. The summed E-state index contributed by atoms with van der Waals surface area (Å²) in [6, 6.07) is 11.2. The van der Waals surface area contributed by atoms with Gasteiger partial charge in [0.15, 0.2) is 0 Å². The van der Waals surface area contributed by atoms with Crippen molar-refractivity contribution in [1.82, 2.24) is 10.3 Å². The van der Waals surface area contributed by atoms with Gasteiger partial charge in [-0.2, -0.15) is 12.6 Å². The molecule has 162 valence electrons. The number of halogens is 1. The lowest BCUT2D eigenvalue weighted by Gasteiger charge is -2.24. The van der Waals surface area contributed by atoms with E-state index >= 15 is 0 Å². The summed E-state index contributed by atoms with van der Waals surface area (Å²) in [6.07, 6.45) is 3.82. The molecule has 31 heavy (non-hydrogen) atoms. The first kappa shape index (κ1) is 22.0.